The molecule has 0 saturated carbocycles. The number of nitrogens with zero attached hydrogens (tertiary/aromatic N) is 1. The summed E-state index contributed by atoms with van der Waals surface area (Å²) in [7, 11) is 0. The van der Waals surface area contributed by atoms with E-state index >= 15 is 0 Å². The number of rotatable bonds is 4. The Balaban J connectivity index is 1.67. The van der Waals surface area contributed by atoms with Crippen molar-refractivity contribution in [3.63, 3.8) is 0 Å². The van der Waals surface area contributed by atoms with Crippen LogP contribution in [0.4, 0.5) is 10.5 Å². The molecule has 4 rings (SSSR count). The minimum atomic E-state index is -1.40. The molecule has 160 valence electrons. The molecule has 8 nitrogen and oxygen atoms in total. The molecule has 1 saturated heterocycles. The van der Waals surface area contributed by atoms with E-state index in [1.807, 2.05) is 0 Å². The van der Waals surface area contributed by atoms with Crippen LogP contribution < -0.4 is 15.3 Å². The fraction of sp³-hybridized carbons (Fsp3) is 0.0435. The number of nitrogens with one attached hydrogen (secondary N) is 1. The summed E-state index contributed by atoms with van der Waals surface area (Å²) in [6, 6.07) is 13.2. The van der Waals surface area contributed by atoms with Crippen molar-refractivity contribution in [1.29, 1.82) is 0 Å². The first-order valence-corrected chi connectivity index (χ1v) is 9.72. The molecule has 1 fully saturated rings. The SMILES string of the molecule is Cc1ccccc1N1C(=O)NC(=O)/C(=C\c2ccc(-c3ccc(C(=O)[O-])c(Cl)c3)o2)C1=O. The van der Waals surface area contributed by atoms with Crippen LogP contribution in [0.15, 0.2) is 64.6 Å². The Morgan fingerprint density at radius 1 is 1.09 bits per heavy atom. The molecular weight excluding hydrogens is 436 g/mol. The summed E-state index contributed by atoms with van der Waals surface area (Å²) in [6.45, 7) is 1.74. The van der Waals surface area contributed by atoms with Gasteiger partial charge in [0.15, 0.2) is 0 Å². The number of barbiturate groups is 1. The summed E-state index contributed by atoms with van der Waals surface area (Å²) >= 11 is 5.97. The van der Waals surface area contributed by atoms with E-state index in [1.165, 1.54) is 30.3 Å². The number of hydrogen-bond acceptors (Lipinski definition) is 6. The van der Waals surface area contributed by atoms with Crippen LogP contribution in [0.2, 0.25) is 5.02 Å². The zero-order chi connectivity index (χ0) is 23.0. The molecule has 1 aliphatic heterocycles. The van der Waals surface area contributed by atoms with Crippen LogP contribution in [-0.4, -0.2) is 23.8 Å². The van der Waals surface area contributed by atoms with E-state index in [0.29, 0.717) is 22.6 Å². The van der Waals surface area contributed by atoms with Crippen LogP contribution in [-0.2, 0) is 9.59 Å². The predicted molar refractivity (Wildman–Crippen MR) is 114 cm³/mol. The molecule has 2 aromatic carbocycles. The maximum Gasteiger partial charge on any atom is 0.335 e. The van der Waals surface area contributed by atoms with Crippen LogP contribution in [0, 0.1) is 6.92 Å². The molecule has 1 N–H and O–H groups in total. The van der Waals surface area contributed by atoms with E-state index in [-0.39, 0.29) is 21.9 Å². The molecule has 32 heavy (non-hydrogen) atoms. The molecule has 0 radical (unpaired) electrons. The van der Waals surface area contributed by atoms with Gasteiger partial charge in [-0.15, -0.1) is 0 Å². The smallest absolute Gasteiger partial charge is 0.335 e. The highest BCUT2D eigenvalue weighted by Crippen LogP contribution is 2.29. The van der Waals surface area contributed by atoms with Gasteiger partial charge in [0.2, 0.25) is 0 Å². The first-order chi connectivity index (χ1) is 15.3. The summed E-state index contributed by atoms with van der Waals surface area (Å²) in [5, 5.41) is 13.1. The van der Waals surface area contributed by atoms with E-state index in [2.05, 4.69) is 5.32 Å². The van der Waals surface area contributed by atoms with E-state index in [9.17, 15) is 24.3 Å². The highest BCUT2D eigenvalue weighted by Gasteiger charge is 2.37. The van der Waals surface area contributed by atoms with Gasteiger partial charge >= 0.3 is 6.03 Å². The maximum atomic E-state index is 13.0. The van der Waals surface area contributed by atoms with Gasteiger partial charge in [-0.1, -0.05) is 41.9 Å². The Morgan fingerprint density at radius 2 is 1.84 bits per heavy atom. The molecule has 0 atom stereocenters. The second-order valence-corrected chi connectivity index (χ2v) is 7.34. The number of urea groups is 1. The fourth-order valence-electron chi connectivity index (χ4n) is 3.25. The first kappa shape index (κ1) is 21.1. The minimum Gasteiger partial charge on any atom is -0.545 e. The summed E-state index contributed by atoms with van der Waals surface area (Å²) in [6.07, 6.45) is 1.23. The number of carbonyl (C=O) groups is 4. The third-order valence-corrected chi connectivity index (χ3v) is 5.16. The van der Waals surface area contributed by atoms with Crippen molar-refractivity contribution in [3.05, 3.63) is 82.1 Å². The van der Waals surface area contributed by atoms with Gasteiger partial charge in [-0.05, 0) is 42.8 Å². The Bertz CT molecular complexity index is 1320. The van der Waals surface area contributed by atoms with Crippen molar-refractivity contribution >= 4 is 47.2 Å². The Kier molecular flexibility index (Phi) is 5.38. The van der Waals surface area contributed by atoms with E-state index < -0.39 is 23.8 Å². The number of para-hydroxylation sites is 1. The Hall–Kier alpha value is -4.17. The number of halogens is 1. The van der Waals surface area contributed by atoms with E-state index in [0.717, 1.165) is 4.90 Å². The molecule has 0 unspecified atom stereocenters. The van der Waals surface area contributed by atoms with Gasteiger partial charge in [0.05, 0.1) is 16.7 Å². The van der Waals surface area contributed by atoms with Gasteiger partial charge in [-0.3, -0.25) is 14.9 Å². The lowest BCUT2D eigenvalue weighted by Crippen LogP contribution is -2.54. The molecule has 2 heterocycles. The van der Waals surface area contributed by atoms with Crippen LogP contribution in [0.3, 0.4) is 0 Å². The lowest BCUT2D eigenvalue weighted by Gasteiger charge is -2.27. The molecule has 9 heteroatoms. The number of anilines is 1. The van der Waals surface area contributed by atoms with Gasteiger partial charge in [0.25, 0.3) is 11.8 Å². The zero-order valence-corrected chi connectivity index (χ0v) is 17.3. The molecule has 4 amide bonds. The number of carboxylic acid groups (broad SMARTS) is 1. The first-order valence-electron chi connectivity index (χ1n) is 9.34. The number of carboxylic acids is 1. The Labute approximate surface area is 186 Å². The number of amides is 4. The maximum absolute atomic E-state index is 13.0. The predicted octanol–water partition coefficient (Wildman–Crippen LogP) is 2.94. The van der Waals surface area contributed by atoms with Gasteiger partial charge in [0, 0.05) is 11.1 Å². The number of aryl methyl sites for hydroxylation is 1. The average Bonchev–Trinajstić information content (AvgIpc) is 3.21. The van der Waals surface area contributed by atoms with Crippen molar-refractivity contribution in [3.8, 4) is 11.3 Å². The fourth-order valence-corrected chi connectivity index (χ4v) is 3.51. The van der Waals surface area contributed by atoms with E-state index in [1.54, 1.807) is 37.3 Å². The summed E-state index contributed by atoms with van der Waals surface area (Å²) in [4.78, 5) is 49.5. The number of carbonyl (C=O) groups excluding carboxylic acids is 4. The molecule has 3 aromatic rings. The van der Waals surface area contributed by atoms with Gasteiger partial charge < -0.3 is 14.3 Å². The van der Waals surface area contributed by atoms with Crippen molar-refractivity contribution in [2.75, 3.05) is 4.90 Å². The normalized spacial score (nSPS) is 15.2. The number of benzene rings is 2. The number of aromatic carboxylic acids is 1. The highest BCUT2D eigenvalue weighted by atomic mass is 35.5. The number of hydrogen-bond donors (Lipinski definition) is 1. The second-order valence-electron chi connectivity index (χ2n) is 6.93. The minimum absolute atomic E-state index is 0.0203. The molecule has 0 aliphatic carbocycles. The van der Waals surface area contributed by atoms with Gasteiger partial charge in [-0.2, -0.15) is 0 Å². The number of imide groups is 2. The van der Waals surface area contributed by atoms with E-state index in [4.69, 9.17) is 16.0 Å². The standard InChI is InChI=1S/C23H15ClN2O6/c1-12-4-2-3-5-18(12)26-21(28)16(20(27)25-23(26)31)11-14-7-9-19(32-14)13-6-8-15(22(29)30)17(24)10-13/h2-11H,1H3,(H,29,30)(H,25,27,31)/p-1/b16-11+. The zero-order valence-electron chi connectivity index (χ0n) is 16.5. The topological polar surface area (TPSA) is 120 Å². The third-order valence-electron chi connectivity index (χ3n) is 4.84. The van der Waals surface area contributed by atoms with Crippen molar-refractivity contribution in [2.24, 2.45) is 0 Å². The summed E-state index contributed by atoms with van der Waals surface area (Å²) < 4.78 is 5.68. The number of furan rings is 1. The summed E-state index contributed by atoms with van der Waals surface area (Å²) in [5.41, 5.74) is 1.09. The molecule has 0 bridgehead atoms. The summed E-state index contributed by atoms with van der Waals surface area (Å²) in [5.74, 6) is -2.52. The van der Waals surface area contributed by atoms with Crippen LogP contribution >= 0.6 is 11.6 Å². The van der Waals surface area contributed by atoms with Crippen LogP contribution in [0.1, 0.15) is 21.7 Å². The monoisotopic (exact) mass is 449 g/mol. The third kappa shape index (κ3) is 3.79. The van der Waals surface area contributed by atoms with Crippen molar-refractivity contribution < 1.29 is 28.7 Å². The molecule has 0 spiro atoms. The largest absolute Gasteiger partial charge is 0.545 e. The lowest BCUT2D eigenvalue weighted by atomic mass is 10.1. The van der Waals surface area contributed by atoms with Crippen molar-refractivity contribution in [1.82, 2.24) is 5.32 Å². The average molecular weight is 450 g/mol. The van der Waals surface area contributed by atoms with Crippen LogP contribution in [0.25, 0.3) is 17.4 Å². The quantitative estimate of drug-likeness (QED) is 0.483. The molecular formula is C23H14ClN2O6-. The molecule has 1 aromatic heterocycles. The Morgan fingerprint density at radius 3 is 2.53 bits per heavy atom. The molecule has 1 aliphatic rings. The van der Waals surface area contributed by atoms with Gasteiger partial charge in [-0.25, -0.2) is 9.69 Å². The lowest BCUT2D eigenvalue weighted by molar-refractivity contribution is -0.255. The second kappa shape index (κ2) is 8.16. The van der Waals surface area contributed by atoms with Crippen molar-refractivity contribution in [2.45, 2.75) is 6.92 Å². The highest BCUT2D eigenvalue weighted by molar-refractivity contribution is 6.39. The van der Waals surface area contributed by atoms with Crippen LogP contribution in [0.5, 0.6) is 0 Å². The van der Waals surface area contributed by atoms with Gasteiger partial charge in [0.1, 0.15) is 17.1 Å².